The van der Waals surface area contributed by atoms with Gasteiger partial charge >= 0.3 is 0 Å². The van der Waals surface area contributed by atoms with Crippen molar-refractivity contribution < 1.29 is 8.78 Å². The summed E-state index contributed by atoms with van der Waals surface area (Å²) < 4.78 is 30.7. The summed E-state index contributed by atoms with van der Waals surface area (Å²) in [5.41, 5.74) is 5.69. The van der Waals surface area contributed by atoms with Crippen LogP contribution < -0.4 is 0 Å². The summed E-state index contributed by atoms with van der Waals surface area (Å²) in [5.74, 6) is -0.593. The summed E-state index contributed by atoms with van der Waals surface area (Å²) in [6.45, 7) is 0. The SMILES string of the molecule is Fc1cccc2c1C1(c3ccccc3-2)c2ccccc2-c2cccc(F)c21. The molecule has 4 aromatic carbocycles. The Balaban J connectivity index is 1.92. The molecule has 0 fully saturated rings. The van der Waals surface area contributed by atoms with E-state index in [0.717, 1.165) is 33.4 Å². The first-order valence-corrected chi connectivity index (χ1v) is 9.02. The molecule has 6 rings (SSSR count). The number of benzene rings is 4. The van der Waals surface area contributed by atoms with Crippen molar-refractivity contribution in [3.05, 3.63) is 119 Å². The summed E-state index contributed by atoms with van der Waals surface area (Å²) in [6.07, 6.45) is 0. The first-order valence-electron chi connectivity index (χ1n) is 9.02. The van der Waals surface area contributed by atoms with Crippen molar-refractivity contribution in [3.8, 4) is 22.3 Å². The topological polar surface area (TPSA) is 0 Å². The summed E-state index contributed by atoms with van der Waals surface area (Å²) in [5, 5.41) is 0. The van der Waals surface area contributed by atoms with E-state index >= 15 is 8.78 Å². The third-order valence-electron chi connectivity index (χ3n) is 6.02. The Labute approximate surface area is 155 Å². The van der Waals surface area contributed by atoms with E-state index in [1.54, 1.807) is 12.1 Å². The molecule has 2 heteroatoms. The highest BCUT2D eigenvalue weighted by Gasteiger charge is 2.54. The minimum Gasteiger partial charge on any atom is -0.207 e. The molecule has 0 bridgehead atoms. The van der Waals surface area contributed by atoms with Gasteiger partial charge in [0.05, 0.1) is 5.41 Å². The Kier molecular flexibility index (Phi) is 2.71. The molecular formula is C25H14F2. The summed E-state index contributed by atoms with van der Waals surface area (Å²) in [6, 6.07) is 26.1. The second-order valence-corrected chi connectivity index (χ2v) is 7.17. The van der Waals surface area contributed by atoms with Crippen LogP contribution in [0.4, 0.5) is 8.78 Å². The Morgan fingerprint density at radius 3 is 1.33 bits per heavy atom. The molecule has 0 nitrogen and oxygen atoms in total. The lowest BCUT2D eigenvalue weighted by molar-refractivity contribution is 0.564. The number of fused-ring (bicyclic) bond motifs is 10. The van der Waals surface area contributed by atoms with E-state index in [1.165, 1.54) is 12.1 Å². The molecule has 0 aliphatic heterocycles. The average Bonchev–Trinajstić information content (AvgIpc) is 3.17. The highest BCUT2D eigenvalue weighted by molar-refractivity contribution is 5.95. The summed E-state index contributed by atoms with van der Waals surface area (Å²) in [4.78, 5) is 0. The number of halogens is 2. The van der Waals surface area contributed by atoms with E-state index in [2.05, 4.69) is 0 Å². The number of rotatable bonds is 0. The second kappa shape index (κ2) is 4.92. The van der Waals surface area contributed by atoms with Gasteiger partial charge in [0.2, 0.25) is 0 Å². The van der Waals surface area contributed by atoms with Crippen LogP contribution in [-0.2, 0) is 5.41 Å². The van der Waals surface area contributed by atoms with Crippen molar-refractivity contribution >= 4 is 0 Å². The molecule has 27 heavy (non-hydrogen) atoms. The van der Waals surface area contributed by atoms with Gasteiger partial charge in [0.15, 0.2) is 0 Å². The Morgan fingerprint density at radius 1 is 0.444 bits per heavy atom. The van der Waals surface area contributed by atoms with Gasteiger partial charge in [-0.05, 0) is 45.5 Å². The molecule has 0 unspecified atom stereocenters. The van der Waals surface area contributed by atoms with E-state index < -0.39 is 5.41 Å². The maximum atomic E-state index is 15.3. The molecule has 0 saturated heterocycles. The zero-order valence-corrected chi connectivity index (χ0v) is 14.3. The molecule has 1 spiro atoms. The average molecular weight is 352 g/mol. The highest BCUT2D eigenvalue weighted by atomic mass is 19.1. The smallest absolute Gasteiger partial charge is 0.128 e. The lowest BCUT2D eigenvalue weighted by atomic mass is 9.70. The Bertz CT molecular complexity index is 1150. The van der Waals surface area contributed by atoms with Gasteiger partial charge in [-0.15, -0.1) is 0 Å². The van der Waals surface area contributed by atoms with Crippen molar-refractivity contribution in [3.63, 3.8) is 0 Å². The monoisotopic (exact) mass is 352 g/mol. The van der Waals surface area contributed by atoms with Gasteiger partial charge in [0.25, 0.3) is 0 Å². The van der Waals surface area contributed by atoms with Crippen molar-refractivity contribution in [2.45, 2.75) is 5.41 Å². The van der Waals surface area contributed by atoms with Crippen LogP contribution in [0.3, 0.4) is 0 Å². The molecule has 2 aliphatic carbocycles. The minimum atomic E-state index is -0.950. The molecule has 0 N–H and O–H groups in total. The number of hydrogen-bond donors (Lipinski definition) is 0. The van der Waals surface area contributed by atoms with Gasteiger partial charge in [-0.3, -0.25) is 0 Å². The predicted molar refractivity (Wildman–Crippen MR) is 103 cm³/mol. The Morgan fingerprint density at radius 2 is 0.852 bits per heavy atom. The van der Waals surface area contributed by atoms with Gasteiger partial charge in [0.1, 0.15) is 11.6 Å². The normalized spacial score (nSPS) is 14.6. The van der Waals surface area contributed by atoms with Crippen LogP contribution in [0.1, 0.15) is 22.3 Å². The minimum absolute atomic E-state index is 0.297. The summed E-state index contributed by atoms with van der Waals surface area (Å²) in [7, 11) is 0. The first kappa shape index (κ1) is 14.9. The van der Waals surface area contributed by atoms with Crippen LogP contribution in [-0.4, -0.2) is 0 Å². The molecule has 0 saturated carbocycles. The predicted octanol–water partition coefficient (Wildman–Crippen LogP) is 6.31. The first-order chi connectivity index (χ1) is 13.2. The lowest BCUT2D eigenvalue weighted by Crippen LogP contribution is -2.28. The van der Waals surface area contributed by atoms with Crippen molar-refractivity contribution in [2.24, 2.45) is 0 Å². The molecule has 0 aromatic heterocycles. The van der Waals surface area contributed by atoms with Crippen molar-refractivity contribution in [1.82, 2.24) is 0 Å². The molecule has 128 valence electrons. The summed E-state index contributed by atoms with van der Waals surface area (Å²) >= 11 is 0. The molecule has 2 aliphatic rings. The van der Waals surface area contributed by atoms with Crippen molar-refractivity contribution in [2.75, 3.05) is 0 Å². The molecule has 4 aromatic rings. The second-order valence-electron chi connectivity index (χ2n) is 7.17. The zero-order valence-electron chi connectivity index (χ0n) is 14.3. The molecule has 0 amide bonds. The third-order valence-corrected chi connectivity index (χ3v) is 6.02. The van der Waals surface area contributed by atoms with Crippen LogP contribution in [0.5, 0.6) is 0 Å². The largest absolute Gasteiger partial charge is 0.207 e. The molecule has 0 heterocycles. The van der Waals surface area contributed by atoms with E-state index in [4.69, 9.17) is 0 Å². The van der Waals surface area contributed by atoms with E-state index in [9.17, 15) is 0 Å². The lowest BCUT2D eigenvalue weighted by Gasteiger charge is -2.30. The third kappa shape index (κ3) is 1.58. The maximum Gasteiger partial charge on any atom is 0.128 e. The van der Waals surface area contributed by atoms with E-state index in [1.807, 2.05) is 60.7 Å². The number of hydrogen-bond acceptors (Lipinski definition) is 0. The molecule has 0 radical (unpaired) electrons. The van der Waals surface area contributed by atoms with Gasteiger partial charge in [-0.1, -0.05) is 72.8 Å². The van der Waals surface area contributed by atoms with E-state index in [-0.39, 0.29) is 11.6 Å². The Hall–Kier alpha value is -3.26. The fourth-order valence-electron chi connectivity index (χ4n) is 5.16. The van der Waals surface area contributed by atoms with Gasteiger partial charge in [-0.2, -0.15) is 0 Å². The standard InChI is InChI=1S/C25H14F2/c26-21-13-5-9-17-15-7-1-3-11-19(15)25(23(17)21)20-12-4-2-8-16(20)18-10-6-14-22(27)24(18)25/h1-14H. The van der Waals surface area contributed by atoms with E-state index in [0.29, 0.717) is 11.1 Å². The van der Waals surface area contributed by atoms with Crippen molar-refractivity contribution in [1.29, 1.82) is 0 Å². The maximum absolute atomic E-state index is 15.3. The van der Waals surface area contributed by atoms with Gasteiger partial charge in [0, 0.05) is 11.1 Å². The van der Waals surface area contributed by atoms with Crippen LogP contribution in [0.15, 0.2) is 84.9 Å². The fourth-order valence-corrected chi connectivity index (χ4v) is 5.16. The fraction of sp³-hybridized carbons (Fsp3) is 0.0400. The van der Waals surface area contributed by atoms with Crippen LogP contribution >= 0.6 is 0 Å². The van der Waals surface area contributed by atoms with Crippen LogP contribution in [0, 0.1) is 11.6 Å². The quantitative estimate of drug-likeness (QED) is 0.301. The molecular weight excluding hydrogens is 338 g/mol. The van der Waals surface area contributed by atoms with Crippen LogP contribution in [0.25, 0.3) is 22.3 Å². The molecule has 0 atom stereocenters. The zero-order chi connectivity index (χ0) is 18.2. The van der Waals surface area contributed by atoms with Gasteiger partial charge in [-0.25, -0.2) is 8.78 Å². The van der Waals surface area contributed by atoms with Crippen LogP contribution in [0.2, 0.25) is 0 Å². The highest BCUT2D eigenvalue weighted by Crippen LogP contribution is 2.63. The van der Waals surface area contributed by atoms with Gasteiger partial charge < -0.3 is 0 Å².